The molecule has 1 N–H and O–H groups in total. The Kier molecular flexibility index (Phi) is 4.50. The molecule has 0 unspecified atom stereocenters. The number of halogens is 4. The molecule has 0 atom stereocenters. The third kappa shape index (κ3) is 3.85. The summed E-state index contributed by atoms with van der Waals surface area (Å²) < 4.78 is 43.2. The van der Waals surface area contributed by atoms with Gasteiger partial charge < -0.3 is 4.42 Å². The number of nitro benzene ring substituents is 1. The minimum atomic E-state index is -4.66. The summed E-state index contributed by atoms with van der Waals surface area (Å²) in [5.41, 5.74) is 0.313. The van der Waals surface area contributed by atoms with Crippen molar-refractivity contribution in [1.82, 2.24) is 0 Å². The van der Waals surface area contributed by atoms with Crippen LogP contribution in [-0.4, -0.2) is 11.1 Å². The average molecular weight is 378 g/mol. The van der Waals surface area contributed by atoms with Gasteiger partial charge in [-0.3, -0.25) is 15.5 Å². The van der Waals surface area contributed by atoms with Gasteiger partial charge in [0.05, 0.1) is 16.7 Å². The molecule has 1 aromatic heterocycles. The second-order valence-electron chi connectivity index (χ2n) is 4.00. The lowest BCUT2D eigenvalue weighted by molar-refractivity contribution is -0.384. The number of nitrogens with zero attached hydrogens (tertiary/aromatic N) is 2. The molecule has 10 heteroatoms. The lowest BCUT2D eigenvalue weighted by atomic mass is 10.1. The van der Waals surface area contributed by atoms with Gasteiger partial charge in [0.25, 0.3) is 5.69 Å². The highest BCUT2D eigenvalue weighted by molar-refractivity contribution is 9.10. The maximum atomic E-state index is 12.5. The van der Waals surface area contributed by atoms with Crippen LogP contribution in [0, 0.1) is 10.1 Å². The molecule has 0 amide bonds. The monoisotopic (exact) mass is 377 g/mol. The van der Waals surface area contributed by atoms with Gasteiger partial charge in [-0.15, -0.1) is 0 Å². The molecule has 6 nitrogen and oxygen atoms in total. The normalized spacial score (nSPS) is 11.8. The van der Waals surface area contributed by atoms with Crippen molar-refractivity contribution in [2.45, 2.75) is 6.18 Å². The van der Waals surface area contributed by atoms with Crippen LogP contribution >= 0.6 is 15.9 Å². The lowest BCUT2D eigenvalue weighted by Gasteiger charge is -2.08. The van der Waals surface area contributed by atoms with E-state index in [1.165, 1.54) is 6.21 Å². The fourth-order valence-corrected chi connectivity index (χ4v) is 1.84. The highest BCUT2D eigenvalue weighted by Gasteiger charge is 2.33. The third-order valence-electron chi connectivity index (χ3n) is 2.49. The summed E-state index contributed by atoms with van der Waals surface area (Å²) in [6, 6.07) is 5.31. The molecule has 0 fully saturated rings. The van der Waals surface area contributed by atoms with E-state index in [0.717, 1.165) is 12.1 Å². The quantitative estimate of drug-likeness (QED) is 0.485. The molecule has 0 aliphatic heterocycles. The van der Waals surface area contributed by atoms with Gasteiger partial charge in [-0.25, -0.2) is 0 Å². The van der Waals surface area contributed by atoms with Crippen LogP contribution < -0.4 is 5.43 Å². The molecule has 0 spiro atoms. The van der Waals surface area contributed by atoms with Crippen LogP contribution in [0.25, 0.3) is 0 Å². The number of alkyl halides is 3. The Hall–Kier alpha value is -2.36. The molecule has 2 aromatic rings. The van der Waals surface area contributed by atoms with Crippen molar-refractivity contribution in [2.75, 3.05) is 5.43 Å². The van der Waals surface area contributed by atoms with Gasteiger partial charge in [-0.05, 0) is 40.2 Å². The number of nitro groups is 1. The maximum absolute atomic E-state index is 12.5. The Labute approximate surface area is 129 Å². The average Bonchev–Trinajstić information content (AvgIpc) is 2.83. The van der Waals surface area contributed by atoms with E-state index in [1.807, 2.05) is 0 Å². The summed E-state index contributed by atoms with van der Waals surface area (Å²) in [6.07, 6.45) is -3.43. The summed E-state index contributed by atoms with van der Waals surface area (Å²) in [5.74, 6) is 0.355. The second kappa shape index (κ2) is 6.18. The van der Waals surface area contributed by atoms with Gasteiger partial charge in [-0.2, -0.15) is 18.3 Å². The van der Waals surface area contributed by atoms with Crippen molar-refractivity contribution in [2.24, 2.45) is 5.10 Å². The van der Waals surface area contributed by atoms with Gasteiger partial charge in [0.2, 0.25) is 0 Å². The Morgan fingerprint density at radius 2 is 2.05 bits per heavy atom. The van der Waals surface area contributed by atoms with Gasteiger partial charge >= 0.3 is 6.18 Å². The molecule has 0 aliphatic rings. The van der Waals surface area contributed by atoms with E-state index in [2.05, 4.69) is 26.5 Å². The molecule has 1 aromatic carbocycles. The van der Waals surface area contributed by atoms with Gasteiger partial charge in [0, 0.05) is 6.07 Å². The van der Waals surface area contributed by atoms with E-state index in [4.69, 9.17) is 4.42 Å². The molecule has 0 bridgehead atoms. The number of nitrogens with one attached hydrogen (secondary N) is 1. The summed E-state index contributed by atoms with van der Waals surface area (Å²) in [7, 11) is 0. The third-order valence-corrected chi connectivity index (χ3v) is 2.92. The Morgan fingerprint density at radius 1 is 1.32 bits per heavy atom. The Balaban J connectivity index is 2.23. The number of hydrogen-bond donors (Lipinski definition) is 1. The standard InChI is InChI=1S/C12H7BrF3N3O3/c13-11-4-2-8(22-11)6-17-18-9-3-1-7(12(14,15)16)5-10(9)19(20)21/h1-6,18H/b17-6-. The lowest BCUT2D eigenvalue weighted by Crippen LogP contribution is -2.06. The minimum absolute atomic E-state index is 0.167. The molecule has 0 saturated carbocycles. The first-order valence-electron chi connectivity index (χ1n) is 5.67. The smallest absolute Gasteiger partial charge is 0.416 e. The molecule has 22 heavy (non-hydrogen) atoms. The summed E-state index contributed by atoms with van der Waals surface area (Å²) in [4.78, 5) is 9.94. The van der Waals surface area contributed by atoms with E-state index < -0.39 is 22.4 Å². The summed E-state index contributed by atoms with van der Waals surface area (Å²) in [6.45, 7) is 0. The predicted molar refractivity (Wildman–Crippen MR) is 75.7 cm³/mol. The van der Waals surface area contributed by atoms with Crippen LogP contribution in [0.1, 0.15) is 11.3 Å². The molecular weight excluding hydrogens is 371 g/mol. The van der Waals surface area contributed by atoms with Crippen molar-refractivity contribution < 1.29 is 22.5 Å². The SMILES string of the molecule is O=[N+]([O-])c1cc(C(F)(F)F)ccc1N/N=C\c1ccc(Br)o1. The van der Waals surface area contributed by atoms with Crippen molar-refractivity contribution in [3.8, 4) is 0 Å². The Morgan fingerprint density at radius 3 is 2.59 bits per heavy atom. The number of hydrogen-bond acceptors (Lipinski definition) is 5. The van der Waals surface area contributed by atoms with Crippen LogP contribution in [-0.2, 0) is 6.18 Å². The van der Waals surface area contributed by atoms with Gasteiger partial charge in [0.15, 0.2) is 4.67 Å². The van der Waals surface area contributed by atoms with Crippen LogP contribution in [0.5, 0.6) is 0 Å². The molecule has 1 heterocycles. The van der Waals surface area contributed by atoms with Crippen molar-refractivity contribution >= 4 is 33.5 Å². The minimum Gasteiger partial charge on any atom is -0.448 e. The van der Waals surface area contributed by atoms with Crippen molar-refractivity contribution in [1.29, 1.82) is 0 Å². The van der Waals surface area contributed by atoms with E-state index in [-0.39, 0.29) is 5.69 Å². The second-order valence-corrected chi connectivity index (χ2v) is 4.78. The fourth-order valence-electron chi connectivity index (χ4n) is 1.52. The van der Waals surface area contributed by atoms with Gasteiger partial charge in [0.1, 0.15) is 11.4 Å². The molecule has 2 rings (SSSR count). The van der Waals surface area contributed by atoms with Crippen LogP contribution in [0.15, 0.2) is 44.5 Å². The zero-order valence-electron chi connectivity index (χ0n) is 10.6. The highest BCUT2D eigenvalue weighted by Crippen LogP contribution is 2.34. The fraction of sp³-hybridized carbons (Fsp3) is 0.0833. The zero-order valence-corrected chi connectivity index (χ0v) is 12.2. The molecule has 0 aliphatic carbocycles. The molecule has 116 valence electrons. The number of furan rings is 1. The summed E-state index contributed by atoms with van der Waals surface area (Å²) >= 11 is 3.08. The first-order chi connectivity index (χ1) is 10.3. The number of benzene rings is 1. The van der Waals surface area contributed by atoms with E-state index in [9.17, 15) is 23.3 Å². The topological polar surface area (TPSA) is 80.7 Å². The zero-order chi connectivity index (χ0) is 16.3. The first kappa shape index (κ1) is 16.0. The first-order valence-corrected chi connectivity index (χ1v) is 6.47. The highest BCUT2D eigenvalue weighted by atomic mass is 79.9. The number of hydrazone groups is 1. The van der Waals surface area contributed by atoms with Gasteiger partial charge in [-0.1, -0.05) is 0 Å². The van der Waals surface area contributed by atoms with Crippen LogP contribution in [0.2, 0.25) is 0 Å². The van der Waals surface area contributed by atoms with E-state index in [0.29, 0.717) is 16.5 Å². The predicted octanol–water partition coefficient (Wildman–Crippen LogP) is 4.42. The van der Waals surface area contributed by atoms with Crippen LogP contribution in [0.4, 0.5) is 24.5 Å². The van der Waals surface area contributed by atoms with Crippen molar-refractivity contribution in [3.05, 3.63) is 56.4 Å². The number of anilines is 1. The summed E-state index contributed by atoms with van der Waals surface area (Å²) in [5, 5.41) is 14.5. The van der Waals surface area contributed by atoms with Crippen molar-refractivity contribution in [3.63, 3.8) is 0 Å². The van der Waals surface area contributed by atoms with E-state index in [1.54, 1.807) is 12.1 Å². The molecular formula is C12H7BrF3N3O3. The molecule has 0 saturated heterocycles. The van der Waals surface area contributed by atoms with Crippen LogP contribution in [0.3, 0.4) is 0 Å². The van der Waals surface area contributed by atoms with E-state index >= 15 is 0 Å². The largest absolute Gasteiger partial charge is 0.448 e. The maximum Gasteiger partial charge on any atom is 0.416 e. The molecule has 0 radical (unpaired) electrons. The Bertz CT molecular complexity index is 728. The number of rotatable bonds is 4.